The molecule has 0 spiro atoms. The van der Waals surface area contributed by atoms with Gasteiger partial charge in [-0.25, -0.2) is 4.98 Å². The zero-order valence-electron chi connectivity index (χ0n) is 34.9. The Labute approximate surface area is 357 Å². The third-order valence-electron chi connectivity index (χ3n) is 12.6. The summed E-state index contributed by atoms with van der Waals surface area (Å²) < 4.78 is 12.3. The van der Waals surface area contributed by atoms with Crippen LogP contribution in [0.3, 0.4) is 0 Å². The van der Waals surface area contributed by atoms with Gasteiger partial charge in [-0.2, -0.15) is 5.26 Å². The number of nitrogens with zero attached hydrogens (tertiary/aromatic N) is 5. The molecule has 2 saturated heterocycles. The molecule has 0 bridgehead atoms. The van der Waals surface area contributed by atoms with Gasteiger partial charge in [0.1, 0.15) is 23.7 Å². The predicted octanol–water partition coefficient (Wildman–Crippen LogP) is 6.16. The maximum atomic E-state index is 13.4. The molecule has 1 atom stereocenters. The fourth-order valence-corrected chi connectivity index (χ4v) is 9.84. The highest BCUT2D eigenvalue weighted by atomic mass is 35.5. The van der Waals surface area contributed by atoms with Crippen molar-refractivity contribution in [1.82, 2.24) is 25.4 Å². The van der Waals surface area contributed by atoms with E-state index >= 15 is 0 Å². The summed E-state index contributed by atoms with van der Waals surface area (Å²) in [5.41, 5.74) is 2.34. The molecule has 0 radical (unpaired) electrons. The van der Waals surface area contributed by atoms with Crippen LogP contribution in [0.15, 0.2) is 67.0 Å². The Morgan fingerprint density at radius 3 is 2.45 bits per heavy atom. The number of rotatable bonds is 15. The maximum Gasteiger partial charge on any atom is 0.262 e. The van der Waals surface area contributed by atoms with Crippen LogP contribution in [0, 0.1) is 22.2 Å². The molecular formula is C46H54ClN7O6. The largest absolute Gasteiger partial charge is 0.489 e. The Kier molecular flexibility index (Phi) is 12.7. The number of piperidine rings is 1. The fourth-order valence-electron chi connectivity index (χ4n) is 9.63. The normalized spacial score (nSPS) is 22.2. The average Bonchev–Trinajstić information content (AvgIpc) is 3.48. The number of carbonyl (C=O) groups is 4. The molecule has 3 aliphatic heterocycles. The standard InChI is InChI=1S/C46H54ClN7O6/c1-29-36(16-18-38(55)50-29)54-41(57)34-12-9-11-30(39(34)42(54)58)10-7-6-8-24-59-25-23-52-19-21-53(22-20-52)37-17-14-32(28-49-37)40(56)51-43-45(2,3)44(46(43,4)5)60-33-15-13-31(27-48)35(47)26-33/h9,11-15,17,26,28,36,43-44H,1,6-8,10,16,18-25H2,2-5H3,(H,50,55)(H,51,56)/t36-,43?,44?/m0/s1. The van der Waals surface area contributed by atoms with Crippen molar-refractivity contribution < 1.29 is 28.7 Å². The smallest absolute Gasteiger partial charge is 0.262 e. The van der Waals surface area contributed by atoms with Crippen molar-refractivity contribution in [1.29, 1.82) is 5.26 Å². The van der Waals surface area contributed by atoms with Crippen LogP contribution in [-0.2, 0) is 16.0 Å². The fraction of sp³-hybridized carbons (Fsp3) is 0.478. The topological polar surface area (TPSA) is 157 Å². The molecule has 4 aliphatic rings. The zero-order valence-corrected chi connectivity index (χ0v) is 35.6. The van der Waals surface area contributed by atoms with Crippen molar-refractivity contribution >= 4 is 41.0 Å². The van der Waals surface area contributed by atoms with Gasteiger partial charge < -0.3 is 25.0 Å². The minimum atomic E-state index is -0.527. The molecule has 2 aromatic carbocycles. The third-order valence-corrected chi connectivity index (χ3v) is 12.9. The molecule has 1 aliphatic carbocycles. The van der Waals surface area contributed by atoms with Crippen LogP contribution in [0.2, 0.25) is 5.02 Å². The number of carbonyl (C=O) groups excluding carboxylic acids is 4. The summed E-state index contributed by atoms with van der Waals surface area (Å²) in [5, 5.41) is 15.5. The van der Waals surface area contributed by atoms with Gasteiger partial charge in [-0.3, -0.25) is 29.0 Å². The van der Waals surface area contributed by atoms with E-state index in [4.69, 9.17) is 21.1 Å². The van der Waals surface area contributed by atoms with Gasteiger partial charge in [0.05, 0.1) is 39.9 Å². The molecule has 13 nitrogen and oxygen atoms in total. The number of pyridine rings is 1. The SMILES string of the molecule is C=C1NC(=O)CC[C@@H]1N1C(=O)c2cccc(CCCCCOCCN3CCN(c4ccc(C(=O)NC5C(C)(C)C(Oc6ccc(C#N)c(Cl)c6)C5(C)C)cn4)CC3)c2C1=O. The Hall–Kier alpha value is -5.29. The number of piperazine rings is 1. The molecule has 316 valence electrons. The summed E-state index contributed by atoms with van der Waals surface area (Å²) in [6.07, 6.45) is 5.51. The van der Waals surface area contributed by atoms with Crippen molar-refractivity contribution in [2.75, 3.05) is 50.8 Å². The highest BCUT2D eigenvalue weighted by Crippen LogP contribution is 2.55. The van der Waals surface area contributed by atoms with Gasteiger partial charge in [0.25, 0.3) is 17.7 Å². The van der Waals surface area contributed by atoms with Gasteiger partial charge in [0.2, 0.25) is 5.91 Å². The van der Waals surface area contributed by atoms with Crippen LogP contribution in [0.1, 0.15) is 102 Å². The van der Waals surface area contributed by atoms with Gasteiger partial charge >= 0.3 is 0 Å². The number of aryl methyl sites for hydroxylation is 1. The number of nitrogens with one attached hydrogen (secondary N) is 2. The van der Waals surface area contributed by atoms with Gasteiger partial charge in [0, 0.05) is 80.6 Å². The molecule has 3 fully saturated rings. The number of nitriles is 1. The van der Waals surface area contributed by atoms with E-state index in [-0.39, 0.29) is 53.0 Å². The molecule has 60 heavy (non-hydrogen) atoms. The molecular weight excluding hydrogens is 782 g/mol. The Bertz CT molecular complexity index is 2180. The number of imide groups is 1. The average molecular weight is 836 g/mol. The number of ether oxygens (including phenoxy) is 2. The highest BCUT2D eigenvalue weighted by molar-refractivity contribution is 6.31. The second kappa shape index (κ2) is 17.7. The van der Waals surface area contributed by atoms with E-state index in [0.717, 1.165) is 63.4 Å². The Balaban J connectivity index is 0.785. The van der Waals surface area contributed by atoms with E-state index in [2.05, 4.69) is 65.8 Å². The number of anilines is 1. The first-order chi connectivity index (χ1) is 28.7. The summed E-state index contributed by atoms with van der Waals surface area (Å²) >= 11 is 6.24. The number of unbranched alkanes of at least 4 members (excludes halogenated alkanes) is 2. The lowest BCUT2D eigenvalue weighted by atomic mass is 9.49. The molecule has 2 N–H and O–H groups in total. The Morgan fingerprint density at radius 2 is 1.77 bits per heavy atom. The lowest BCUT2D eigenvalue weighted by molar-refractivity contribution is -0.164. The molecule has 0 unspecified atom stereocenters. The van der Waals surface area contributed by atoms with Crippen LogP contribution < -0.4 is 20.3 Å². The second-order valence-corrected chi connectivity index (χ2v) is 17.8. The third kappa shape index (κ3) is 8.64. The summed E-state index contributed by atoms with van der Waals surface area (Å²) in [4.78, 5) is 62.4. The minimum Gasteiger partial charge on any atom is -0.489 e. The van der Waals surface area contributed by atoms with E-state index in [1.54, 1.807) is 30.5 Å². The summed E-state index contributed by atoms with van der Waals surface area (Å²) in [6, 6.07) is 15.7. The number of halogens is 1. The lowest BCUT2D eigenvalue weighted by Gasteiger charge is -2.63. The zero-order chi connectivity index (χ0) is 42.8. The number of benzene rings is 2. The Morgan fingerprint density at radius 1 is 1.00 bits per heavy atom. The molecule has 1 aromatic heterocycles. The summed E-state index contributed by atoms with van der Waals surface area (Å²) in [6.45, 7) is 17.8. The predicted molar refractivity (Wildman–Crippen MR) is 228 cm³/mol. The van der Waals surface area contributed by atoms with Crippen LogP contribution in [0.5, 0.6) is 5.75 Å². The first-order valence-corrected chi connectivity index (χ1v) is 21.2. The molecule has 4 amide bonds. The second-order valence-electron chi connectivity index (χ2n) is 17.4. The number of fused-ring (bicyclic) bond motifs is 1. The first-order valence-electron chi connectivity index (χ1n) is 20.9. The van der Waals surface area contributed by atoms with Crippen LogP contribution in [0.25, 0.3) is 0 Å². The number of amides is 4. The molecule has 7 rings (SSSR count). The van der Waals surface area contributed by atoms with E-state index in [1.165, 1.54) is 4.90 Å². The summed E-state index contributed by atoms with van der Waals surface area (Å²) in [5.74, 6) is 0.489. The van der Waals surface area contributed by atoms with Crippen molar-refractivity contribution in [2.45, 2.75) is 84.4 Å². The van der Waals surface area contributed by atoms with Crippen molar-refractivity contribution in [3.8, 4) is 11.8 Å². The van der Waals surface area contributed by atoms with Crippen molar-refractivity contribution in [2.24, 2.45) is 10.8 Å². The van der Waals surface area contributed by atoms with Crippen LogP contribution >= 0.6 is 11.6 Å². The molecule has 3 aromatic rings. The van der Waals surface area contributed by atoms with Gasteiger partial charge in [0.15, 0.2) is 0 Å². The number of hydrogen-bond donors (Lipinski definition) is 2. The minimum absolute atomic E-state index is 0.145. The van der Waals surface area contributed by atoms with Gasteiger partial charge in [-0.1, -0.05) is 64.4 Å². The summed E-state index contributed by atoms with van der Waals surface area (Å²) in [7, 11) is 0. The molecule has 4 heterocycles. The van der Waals surface area contributed by atoms with Crippen LogP contribution in [0.4, 0.5) is 5.82 Å². The van der Waals surface area contributed by atoms with Crippen molar-refractivity contribution in [3.05, 3.63) is 99.8 Å². The highest BCUT2D eigenvalue weighted by Gasteiger charge is 2.64. The van der Waals surface area contributed by atoms with Crippen molar-refractivity contribution in [3.63, 3.8) is 0 Å². The molecule has 14 heteroatoms. The van der Waals surface area contributed by atoms with E-state index < -0.39 is 6.04 Å². The number of hydrogen-bond acceptors (Lipinski definition) is 10. The lowest BCUT2D eigenvalue weighted by Crippen LogP contribution is -2.74. The van der Waals surface area contributed by atoms with Gasteiger partial charge in [-0.15, -0.1) is 0 Å². The first kappa shape index (κ1) is 42.8. The van der Waals surface area contributed by atoms with E-state index in [1.807, 2.05) is 24.3 Å². The maximum absolute atomic E-state index is 13.4. The van der Waals surface area contributed by atoms with Crippen LogP contribution in [-0.4, -0.2) is 103 Å². The van der Waals surface area contributed by atoms with E-state index in [9.17, 15) is 24.4 Å². The monoisotopic (exact) mass is 835 g/mol. The van der Waals surface area contributed by atoms with E-state index in [0.29, 0.717) is 64.8 Å². The number of aromatic nitrogens is 1. The quantitative estimate of drug-likeness (QED) is 0.134. The molecule has 1 saturated carbocycles. The van der Waals surface area contributed by atoms with Gasteiger partial charge in [-0.05, 0) is 61.6 Å².